The van der Waals surface area contributed by atoms with Gasteiger partial charge in [-0.05, 0) is 18.2 Å². The van der Waals surface area contributed by atoms with Gasteiger partial charge in [0.05, 0.1) is 21.3 Å². The van der Waals surface area contributed by atoms with Crippen LogP contribution in [0.3, 0.4) is 0 Å². The Morgan fingerprint density at radius 3 is 2.41 bits per heavy atom. The standard InChI is InChI=1S/C12H17NO4/c1-15-10-5-4-8(6-11(10)16-2)9(13)7-12(14)17-3/h4-6,9H,7,13H2,1-3H3/p+1. The van der Waals surface area contributed by atoms with Gasteiger partial charge in [0, 0.05) is 5.56 Å². The van der Waals surface area contributed by atoms with Gasteiger partial charge in [-0.15, -0.1) is 0 Å². The van der Waals surface area contributed by atoms with E-state index in [1.165, 1.54) is 7.11 Å². The third-order valence-corrected chi connectivity index (χ3v) is 2.52. The lowest BCUT2D eigenvalue weighted by atomic mass is 10.0. The average Bonchev–Trinajstić information content (AvgIpc) is 2.37. The summed E-state index contributed by atoms with van der Waals surface area (Å²) in [5, 5.41) is 0. The Kier molecular flexibility index (Phi) is 4.78. The van der Waals surface area contributed by atoms with E-state index in [1.54, 1.807) is 20.3 Å². The predicted octanol–water partition coefficient (Wildman–Crippen LogP) is 0.550. The average molecular weight is 240 g/mol. The molecule has 1 aromatic carbocycles. The highest BCUT2D eigenvalue weighted by atomic mass is 16.5. The van der Waals surface area contributed by atoms with E-state index >= 15 is 0 Å². The summed E-state index contributed by atoms with van der Waals surface area (Å²) in [5.41, 5.74) is 4.84. The maximum atomic E-state index is 11.2. The number of hydrogen-bond acceptors (Lipinski definition) is 4. The Bertz CT molecular complexity index is 392. The number of benzene rings is 1. The fourth-order valence-electron chi connectivity index (χ4n) is 1.51. The molecule has 0 fully saturated rings. The molecule has 0 amide bonds. The number of rotatable bonds is 5. The molecule has 0 heterocycles. The van der Waals surface area contributed by atoms with Gasteiger partial charge in [-0.1, -0.05) is 0 Å². The second kappa shape index (κ2) is 6.10. The van der Waals surface area contributed by atoms with Gasteiger partial charge in [0.25, 0.3) is 0 Å². The highest BCUT2D eigenvalue weighted by molar-refractivity contribution is 5.70. The van der Waals surface area contributed by atoms with Crippen molar-refractivity contribution in [3.05, 3.63) is 23.8 Å². The van der Waals surface area contributed by atoms with Crippen molar-refractivity contribution in [2.75, 3.05) is 21.3 Å². The van der Waals surface area contributed by atoms with Crippen LogP contribution in [0.2, 0.25) is 0 Å². The number of ether oxygens (including phenoxy) is 3. The van der Waals surface area contributed by atoms with Gasteiger partial charge in [-0.2, -0.15) is 0 Å². The highest BCUT2D eigenvalue weighted by Gasteiger charge is 2.17. The van der Waals surface area contributed by atoms with Crippen LogP contribution in [0.15, 0.2) is 18.2 Å². The summed E-state index contributed by atoms with van der Waals surface area (Å²) >= 11 is 0. The smallest absolute Gasteiger partial charge is 0.311 e. The molecule has 0 spiro atoms. The Balaban J connectivity index is 2.87. The minimum atomic E-state index is -0.278. The second-order valence-electron chi connectivity index (χ2n) is 3.59. The minimum absolute atomic E-state index is 0.165. The summed E-state index contributed by atoms with van der Waals surface area (Å²) < 4.78 is 14.9. The molecule has 0 saturated heterocycles. The van der Waals surface area contributed by atoms with Crippen molar-refractivity contribution in [1.29, 1.82) is 0 Å². The van der Waals surface area contributed by atoms with Crippen molar-refractivity contribution < 1.29 is 24.7 Å². The summed E-state index contributed by atoms with van der Waals surface area (Å²) in [6.07, 6.45) is 0.242. The van der Waals surface area contributed by atoms with Gasteiger partial charge in [-0.3, -0.25) is 4.79 Å². The SMILES string of the molecule is COC(=O)CC([NH3+])c1ccc(OC)c(OC)c1. The zero-order valence-corrected chi connectivity index (χ0v) is 10.4. The molecule has 17 heavy (non-hydrogen) atoms. The van der Waals surface area contributed by atoms with E-state index in [0.29, 0.717) is 11.5 Å². The molecule has 0 bridgehead atoms. The first-order valence-electron chi connectivity index (χ1n) is 5.24. The normalized spacial score (nSPS) is 11.8. The first kappa shape index (κ1) is 13.3. The summed E-state index contributed by atoms with van der Waals surface area (Å²) in [5.74, 6) is 1.00. The number of quaternary nitrogens is 1. The third kappa shape index (κ3) is 3.35. The van der Waals surface area contributed by atoms with Crippen LogP contribution in [-0.4, -0.2) is 27.3 Å². The third-order valence-electron chi connectivity index (χ3n) is 2.52. The fraction of sp³-hybridized carbons (Fsp3) is 0.417. The quantitative estimate of drug-likeness (QED) is 0.763. The Hall–Kier alpha value is -1.75. The van der Waals surface area contributed by atoms with Crippen molar-refractivity contribution in [2.24, 2.45) is 0 Å². The van der Waals surface area contributed by atoms with Crippen LogP contribution in [0, 0.1) is 0 Å². The fourth-order valence-corrected chi connectivity index (χ4v) is 1.51. The molecule has 1 aromatic rings. The number of carbonyl (C=O) groups excluding carboxylic acids is 1. The number of carbonyl (C=O) groups is 1. The molecular weight excluding hydrogens is 222 g/mol. The lowest BCUT2D eigenvalue weighted by Gasteiger charge is -2.12. The molecule has 1 atom stereocenters. The van der Waals surface area contributed by atoms with E-state index in [-0.39, 0.29) is 18.4 Å². The lowest BCUT2D eigenvalue weighted by molar-refractivity contribution is -0.425. The Labute approximate surface area is 100 Å². The Morgan fingerprint density at radius 1 is 1.24 bits per heavy atom. The van der Waals surface area contributed by atoms with Gasteiger partial charge in [-0.25, -0.2) is 0 Å². The Morgan fingerprint density at radius 2 is 1.88 bits per heavy atom. The van der Waals surface area contributed by atoms with Crippen LogP contribution in [0.1, 0.15) is 18.0 Å². The molecule has 5 heteroatoms. The summed E-state index contributed by atoms with van der Waals surface area (Å²) in [6, 6.07) is 5.31. The molecule has 0 saturated carbocycles. The lowest BCUT2D eigenvalue weighted by Crippen LogP contribution is -2.54. The van der Waals surface area contributed by atoms with Crippen molar-refractivity contribution in [2.45, 2.75) is 12.5 Å². The van der Waals surface area contributed by atoms with Crippen LogP contribution in [0.5, 0.6) is 11.5 Å². The highest BCUT2D eigenvalue weighted by Crippen LogP contribution is 2.29. The molecule has 5 nitrogen and oxygen atoms in total. The molecule has 3 N–H and O–H groups in total. The zero-order valence-electron chi connectivity index (χ0n) is 10.4. The van der Waals surface area contributed by atoms with Gasteiger partial charge >= 0.3 is 5.97 Å². The maximum Gasteiger partial charge on any atom is 0.311 e. The van der Waals surface area contributed by atoms with Gasteiger partial charge < -0.3 is 19.9 Å². The second-order valence-corrected chi connectivity index (χ2v) is 3.59. The minimum Gasteiger partial charge on any atom is -0.493 e. The molecule has 94 valence electrons. The topological polar surface area (TPSA) is 72.4 Å². The molecule has 0 aliphatic rings. The molecule has 0 radical (unpaired) electrons. The number of hydrogen-bond donors (Lipinski definition) is 1. The summed E-state index contributed by atoms with van der Waals surface area (Å²) in [4.78, 5) is 11.2. The van der Waals surface area contributed by atoms with Crippen molar-refractivity contribution in [3.63, 3.8) is 0 Å². The van der Waals surface area contributed by atoms with Crippen molar-refractivity contribution >= 4 is 5.97 Å². The van der Waals surface area contributed by atoms with Crippen LogP contribution in [0.4, 0.5) is 0 Å². The van der Waals surface area contributed by atoms with Gasteiger partial charge in [0.2, 0.25) is 0 Å². The number of esters is 1. The van der Waals surface area contributed by atoms with E-state index < -0.39 is 0 Å². The van der Waals surface area contributed by atoms with E-state index in [2.05, 4.69) is 10.5 Å². The van der Waals surface area contributed by atoms with Crippen LogP contribution >= 0.6 is 0 Å². The maximum absolute atomic E-state index is 11.2. The van der Waals surface area contributed by atoms with Gasteiger partial charge in [0.1, 0.15) is 12.5 Å². The summed E-state index contributed by atoms with van der Waals surface area (Å²) in [7, 11) is 4.51. The molecule has 0 aliphatic carbocycles. The number of methoxy groups -OCH3 is 3. The van der Waals surface area contributed by atoms with Crippen molar-refractivity contribution in [3.8, 4) is 11.5 Å². The van der Waals surface area contributed by atoms with E-state index in [1.807, 2.05) is 12.1 Å². The molecule has 1 unspecified atom stereocenters. The first-order chi connectivity index (χ1) is 8.12. The first-order valence-corrected chi connectivity index (χ1v) is 5.24. The van der Waals surface area contributed by atoms with E-state index in [4.69, 9.17) is 9.47 Å². The molecule has 1 rings (SSSR count). The van der Waals surface area contributed by atoms with Crippen molar-refractivity contribution in [1.82, 2.24) is 0 Å². The zero-order chi connectivity index (χ0) is 12.8. The van der Waals surface area contributed by atoms with Crippen LogP contribution in [-0.2, 0) is 9.53 Å². The molecule has 0 aliphatic heterocycles. The molecular formula is C12H18NO4+. The predicted molar refractivity (Wildman–Crippen MR) is 61.8 cm³/mol. The largest absolute Gasteiger partial charge is 0.493 e. The monoisotopic (exact) mass is 240 g/mol. The van der Waals surface area contributed by atoms with E-state index in [0.717, 1.165) is 5.56 Å². The van der Waals surface area contributed by atoms with Gasteiger partial charge in [0.15, 0.2) is 11.5 Å². The summed E-state index contributed by atoms with van der Waals surface area (Å²) in [6.45, 7) is 0. The van der Waals surface area contributed by atoms with Crippen LogP contribution < -0.4 is 15.2 Å². The molecule has 0 aromatic heterocycles. The van der Waals surface area contributed by atoms with E-state index in [9.17, 15) is 4.79 Å². The van der Waals surface area contributed by atoms with Crippen LogP contribution in [0.25, 0.3) is 0 Å².